The van der Waals surface area contributed by atoms with Crippen molar-refractivity contribution in [2.45, 2.75) is 13.2 Å². The average Bonchev–Trinajstić information content (AvgIpc) is 3.34. The van der Waals surface area contributed by atoms with Crippen LogP contribution in [-0.2, 0) is 13.2 Å². The molecule has 2 aromatic heterocycles. The Balaban J connectivity index is 1.35. The first-order chi connectivity index (χ1) is 13.6. The molecule has 0 aliphatic carbocycles. The summed E-state index contributed by atoms with van der Waals surface area (Å²) in [4.78, 5) is 15.2. The van der Waals surface area contributed by atoms with Gasteiger partial charge in [-0.3, -0.25) is 0 Å². The van der Waals surface area contributed by atoms with Crippen molar-refractivity contribution in [1.29, 1.82) is 0 Å². The SMILES string of the molecule is COc1ccc(F)cc1C[NH+]1CC[NH+](Cn2nnn(-c3cccs3)c2=O)CC1. The van der Waals surface area contributed by atoms with E-state index in [4.69, 9.17) is 4.74 Å². The number of benzene rings is 1. The number of thiophene rings is 1. The molecule has 3 heterocycles. The van der Waals surface area contributed by atoms with Gasteiger partial charge in [-0.2, -0.15) is 0 Å². The second-order valence-electron chi connectivity index (χ2n) is 6.92. The summed E-state index contributed by atoms with van der Waals surface area (Å²) in [6, 6.07) is 8.37. The Morgan fingerprint density at radius 1 is 1.18 bits per heavy atom. The first kappa shape index (κ1) is 18.8. The molecule has 4 rings (SSSR count). The Morgan fingerprint density at radius 3 is 2.68 bits per heavy atom. The van der Waals surface area contributed by atoms with Gasteiger partial charge in [-0.05, 0) is 46.1 Å². The van der Waals surface area contributed by atoms with E-state index in [1.807, 2.05) is 17.5 Å². The standard InChI is InChI=1S/C18H21FN6O2S/c1-27-16-5-4-15(19)11-14(16)12-22-6-8-23(9-7-22)13-24-18(26)25(21-20-24)17-3-2-10-28-17/h2-5,10-11H,6-9,12-13H2,1H3/p+2. The van der Waals surface area contributed by atoms with Crippen LogP contribution in [0.2, 0.25) is 0 Å². The van der Waals surface area contributed by atoms with Crippen molar-refractivity contribution in [2.75, 3.05) is 33.3 Å². The fraction of sp³-hybridized carbons (Fsp3) is 0.389. The molecule has 2 N–H and O–H groups in total. The smallest absolute Gasteiger partial charge is 0.374 e. The fourth-order valence-corrected chi connectivity index (χ4v) is 4.23. The number of rotatable bonds is 6. The molecule has 0 spiro atoms. The van der Waals surface area contributed by atoms with Gasteiger partial charge in [0.15, 0.2) is 6.67 Å². The quantitative estimate of drug-likeness (QED) is 0.527. The van der Waals surface area contributed by atoms with Crippen molar-refractivity contribution in [3.63, 3.8) is 0 Å². The molecule has 0 unspecified atom stereocenters. The van der Waals surface area contributed by atoms with Crippen molar-refractivity contribution in [2.24, 2.45) is 0 Å². The third kappa shape index (κ3) is 3.98. The van der Waals surface area contributed by atoms with E-state index in [1.54, 1.807) is 19.2 Å². The molecule has 28 heavy (non-hydrogen) atoms. The number of hydrogen-bond acceptors (Lipinski definition) is 5. The molecule has 0 bridgehead atoms. The zero-order valence-electron chi connectivity index (χ0n) is 15.6. The van der Waals surface area contributed by atoms with Crippen molar-refractivity contribution >= 4 is 11.3 Å². The molecule has 3 aromatic rings. The summed E-state index contributed by atoms with van der Waals surface area (Å²) < 4.78 is 21.7. The number of nitrogens with zero attached hydrogens (tertiary/aromatic N) is 4. The first-order valence-corrected chi connectivity index (χ1v) is 10.1. The lowest BCUT2D eigenvalue weighted by Crippen LogP contribution is -3.27. The Morgan fingerprint density at radius 2 is 1.96 bits per heavy atom. The minimum absolute atomic E-state index is 0.214. The molecule has 148 valence electrons. The number of methoxy groups -OCH3 is 1. The van der Waals surface area contributed by atoms with Crippen LogP contribution in [-0.4, -0.2) is 53.1 Å². The van der Waals surface area contributed by atoms with E-state index in [9.17, 15) is 9.18 Å². The van der Waals surface area contributed by atoms with Gasteiger partial charge in [0.05, 0.1) is 12.7 Å². The summed E-state index contributed by atoms with van der Waals surface area (Å²) in [5, 5.41) is 10.7. The monoisotopic (exact) mass is 406 g/mol. The van der Waals surface area contributed by atoms with Gasteiger partial charge in [0, 0.05) is 0 Å². The molecular weight excluding hydrogens is 383 g/mol. The lowest BCUT2D eigenvalue weighted by atomic mass is 10.1. The van der Waals surface area contributed by atoms with Gasteiger partial charge in [0.1, 0.15) is 49.3 Å². The number of halogens is 1. The molecular formula is C18H23FN6O2S+2. The van der Waals surface area contributed by atoms with Crippen LogP contribution < -0.4 is 20.2 Å². The van der Waals surface area contributed by atoms with Gasteiger partial charge < -0.3 is 14.5 Å². The van der Waals surface area contributed by atoms with Crippen LogP contribution in [0.25, 0.3) is 5.00 Å². The summed E-state index contributed by atoms with van der Waals surface area (Å²) in [5.74, 6) is 0.480. The summed E-state index contributed by atoms with van der Waals surface area (Å²) in [6.07, 6.45) is 0. The van der Waals surface area contributed by atoms with E-state index in [-0.39, 0.29) is 11.5 Å². The zero-order valence-corrected chi connectivity index (χ0v) is 16.4. The van der Waals surface area contributed by atoms with E-state index in [0.29, 0.717) is 6.67 Å². The highest BCUT2D eigenvalue weighted by molar-refractivity contribution is 7.12. The molecule has 1 saturated heterocycles. The predicted octanol–water partition coefficient (Wildman–Crippen LogP) is -1.42. The maximum atomic E-state index is 13.6. The lowest BCUT2D eigenvalue weighted by molar-refractivity contribution is -1.03. The van der Waals surface area contributed by atoms with Crippen molar-refractivity contribution < 1.29 is 18.9 Å². The highest BCUT2D eigenvalue weighted by Crippen LogP contribution is 2.18. The summed E-state index contributed by atoms with van der Waals surface area (Å²) in [6.45, 7) is 4.91. The van der Waals surface area contributed by atoms with Gasteiger partial charge in [-0.1, -0.05) is 0 Å². The average molecular weight is 406 g/mol. The van der Waals surface area contributed by atoms with Crippen LogP contribution in [0.3, 0.4) is 0 Å². The summed E-state index contributed by atoms with van der Waals surface area (Å²) in [7, 11) is 1.61. The van der Waals surface area contributed by atoms with Gasteiger partial charge in [0.25, 0.3) is 0 Å². The van der Waals surface area contributed by atoms with Gasteiger partial charge >= 0.3 is 5.69 Å². The predicted molar refractivity (Wildman–Crippen MR) is 102 cm³/mol. The second-order valence-corrected chi connectivity index (χ2v) is 7.84. The largest absolute Gasteiger partial charge is 0.496 e. The number of ether oxygens (including phenoxy) is 1. The van der Waals surface area contributed by atoms with E-state index in [1.165, 1.54) is 36.6 Å². The van der Waals surface area contributed by atoms with Crippen LogP contribution in [0.5, 0.6) is 5.75 Å². The molecule has 8 nitrogen and oxygen atoms in total. The van der Waals surface area contributed by atoms with Gasteiger partial charge in [-0.15, -0.1) is 20.7 Å². The number of quaternary nitrogens is 2. The topological polar surface area (TPSA) is 70.8 Å². The number of hydrogen-bond donors (Lipinski definition) is 2. The Labute approximate surface area is 165 Å². The summed E-state index contributed by atoms with van der Waals surface area (Å²) >= 11 is 1.45. The van der Waals surface area contributed by atoms with Crippen LogP contribution in [0, 0.1) is 5.82 Å². The first-order valence-electron chi connectivity index (χ1n) is 9.20. The number of nitrogens with one attached hydrogen (secondary N) is 2. The third-order valence-electron chi connectivity index (χ3n) is 5.07. The maximum Gasteiger partial charge on any atom is 0.374 e. The van der Waals surface area contributed by atoms with Crippen molar-refractivity contribution in [3.05, 3.63) is 57.6 Å². The molecule has 0 radical (unpaired) electrons. The molecule has 0 saturated carbocycles. The Kier molecular flexibility index (Phi) is 5.51. The van der Waals surface area contributed by atoms with Crippen LogP contribution in [0.1, 0.15) is 5.56 Å². The third-order valence-corrected chi connectivity index (χ3v) is 5.92. The van der Waals surface area contributed by atoms with E-state index in [2.05, 4.69) is 10.4 Å². The number of tetrazole rings is 1. The van der Waals surface area contributed by atoms with Crippen LogP contribution in [0.4, 0.5) is 4.39 Å². The molecule has 1 aliphatic rings. The minimum atomic E-state index is -0.243. The fourth-order valence-electron chi connectivity index (χ4n) is 3.56. The Hall–Kier alpha value is -2.56. The second kappa shape index (κ2) is 8.21. The Bertz CT molecular complexity index is 978. The summed E-state index contributed by atoms with van der Waals surface area (Å²) in [5.41, 5.74) is 0.672. The normalized spacial score (nSPS) is 19.6. The van der Waals surface area contributed by atoms with Gasteiger partial charge in [-0.25, -0.2) is 9.18 Å². The van der Waals surface area contributed by atoms with E-state index >= 15 is 0 Å². The zero-order chi connectivity index (χ0) is 19.5. The molecule has 10 heteroatoms. The number of piperazine rings is 1. The van der Waals surface area contributed by atoms with Crippen molar-refractivity contribution in [3.8, 4) is 10.8 Å². The highest BCUT2D eigenvalue weighted by Gasteiger charge is 2.25. The maximum absolute atomic E-state index is 13.6. The van der Waals surface area contributed by atoms with E-state index in [0.717, 1.165) is 49.0 Å². The lowest BCUT2D eigenvalue weighted by Gasteiger charge is -2.29. The molecule has 0 atom stereocenters. The highest BCUT2D eigenvalue weighted by atomic mass is 32.1. The molecule has 1 aromatic carbocycles. The van der Waals surface area contributed by atoms with Gasteiger partial charge in [0.2, 0.25) is 0 Å². The molecule has 0 amide bonds. The van der Waals surface area contributed by atoms with Crippen LogP contribution >= 0.6 is 11.3 Å². The molecule has 1 fully saturated rings. The minimum Gasteiger partial charge on any atom is -0.496 e. The van der Waals surface area contributed by atoms with E-state index < -0.39 is 0 Å². The van der Waals surface area contributed by atoms with Crippen LogP contribution in [0.15, 0.2) is 40.5 Å². The van der Waals surface area contributed by atoms with Crippen molar-refractivity contribution in [1.82, 2.24) is 19.8 Å². The number of aromatic nitrogens is 4. The molecule has 1 aliphatic heterocycles.